The van der Waals surface area contributed by atoms with Crippen LogP contribution in [0, 0.1) is 5.92 Å². The third kappa shape index (κ3) is 5.75. The SMILES string of the molecule is CN=C(NCc1nc(C(F)(F)F)cs1)NC1CCC(C(F)(F)F)CC1. The van der Waals surface area contributed by atoms with Crippen LogP contribution in [0.1, 0.15) is 36.4 Å². The van der Waals surface area contributed by atoms with Crippen molar-refractivity contribution < 1.29 is 26.3 Å². The summed E-state index contributed by atoms with van der Waals surface area (Å²) in [6.45, 7) is 0.0539. The lowest BCUT2D eigenvalue weighted by Crippen LogP contribution is -2.45. The number of thiazole rings is 1. The highest BCUT2D eigenvalue weighted by molar-refractivity contribution is 7.09. The number of hydrogen-bond donors (Lipinski definition) is 2. The van der Waals surface area contributed by atoms with Crippen LogP contribution in [0.2, 0.25) is 0 Å². The molecule has 142 valence electrons. The van der Waals surface area contributed by atoms with Gasteiger partial charge in [-0.1, -0.05) is 0 Å². The number of guanidine groups is 1. The predicted molar refractivity (Wildman–Crippen MR) is 82.3 cm³/mol. The van der Waals surface area contributed by atoms with E-state index in [9.17, 15) is 26.3 Å². The van der Waals surface area contributed by atoms with Crippen molar-refractivity contribution in [2.45, 2.75) is 50.6 Å². The Balaban J connectivity index is 1.81. The summed E-state index contributed by atoms with van der Waals surface area (Å²) in [5.74, 6) is -0.934. The molecule has 0 saturated heterocycles. The Morgan fingerprint density at radius 3 is 2.32 bits per heavy atom. The van der Waals surface area contributed by atoms with E-state index in [4.69, 9.17) is 0 Å². The van der Waals surface area contributed by atoms with Crippen molar-refractivity contribution in [2.24, 2.45) is 10.9 Å². The first-order valence-electron chi connectivity index (χ1n) is 7.65. The number of nitrogens with one attached hydrogen (secondary N) is 2. The molecule has 0 bridgehead atoms. The Morgan fingerprint density at radius 2 is 1.84 bits per heavy atom. The van der Waals surface area contributed by atoms with Crippen molar-refractivity contribution in [1.29, 1.82) is 0 Å². The Bertz CT molecular complexity index is 587. The molecule has 11 heteroatoms. The number of hydrogen-bond acceptors (Lipinski definition) is 3. The van der Waals surface area contributed by atoms with Gasteiger partial charge in [0.25, 0.3) is 0 Å². The molecule has 0 amide bonds. The molecule has 1 saturated carbocycles. The quantitative estimate of drug-likeness (QED) is 0.468. The third-order valence-electron chi connectivity index (χ3n) is 4.00. The number of alkyl halides is 6. The molecule has 1 aromatic heterocycles. The van der Waals surface area contributed by atoms with Crippen molar-refractivity contribution in [3.8, 4) is 0 Å². The van der Waals surface area contributed by atoms with Crippen LogP contribution in [0.4, 0.5) is 26.3 Å². The van der Waals surface area contributed by atoms with E-state index in [0.29, 0.717) is 18.8 Å². The Kier molecular flexibility index (Phi) is 6.17. The molecule has 25 heavy (non-hydrogen) atoms. The molecular weight excluding hydrogens is 370 g/mol. The van der Waals surface area contributed by atoms with Crippen molar-refractivity contribution in [3.05, 3.63) is 16.1 Å². The van der Waals surface area contributed by atoms with E-state index >= 15 is 0 Å². The van der Waals surface area contributed by atoms with Crippen LogP contribution in [0.3, 0.4) is 0 Å². The molecule has 1 fully saturated rings. The van der Waals surface area contributed by atoms with Crippen molar-refractivity contribution >= 4 is 17.3 Å². The zero-order chi connectivity index (χ0) is 18.7. The summed E-state index contributed by atoms with van der Waals surface area (Å²) < 4.78 is 75.4. The molecule has 2 rings (SSSR count). The van der Waals surface area contributed by atoms with Crippen molar-refractivity contribution in [1.82, 2.24) is 15.6 Å². The molecule has 0 unspecified atom stereocenters. The van der Waals surface area contributed by atoms with Crippen LogP contribution in [-0.2, 0) is 12.7 Å². The van der Waals surface area contributed by atoms with Gasteiger partial charge in [0, 0.05) is 18.5 Å². The standard InChI is InChI=1S/C14H18F6N4S/c1-21-12(22-6-11-24-10(7-25-11)14(18,19)20)23-9-4-2-8(3-5-9)13(15,16)17/h7-9H,2-6H2,1H3,(H2,21,22,23). The number of nitrogens with zero attached hydrogens (tertiary/aromatic N) is 2. The Labute approximate surface area is 144 Å². The zero-order valence-corrected chi connectivity index (χ0v) is 14.2. The van der Waals surface area contributed by atoms with E-state index in [1.165, 1.54) is 7.05 Å². The summed E-state index contributed by atoms with van der Waals surface area (Å²) >= 11 is 0.877. The monoisotopic (exact) mass is 388 g/mol. The first kappa shape index (κ1) is 19.8. The largest absolute Gasteiger partial charge is 0.434 e. The molecule has 1 aliphatic carbocycles. The fourth-order valence-corrected chi connectivity index (χ4v) is 3.38. The summed E-state index contributed by atoms with van der Waals surface area (Å²) in [5, 5.41) is 7.03. The highest BCUT2D eigenvalue weighted by Gasteiger charge is 2.41. The normalized spacial score (nSPS) is 22.8. The maximum atomic E-state index is 12.6. The fourth-order valence-electron chi connectivity index (χ4n) is 2.63. The number of aromatic nitrogens is 1. The summed E-state index contributed by atoms with van der Waals surface area (Å²) in [5.41, 5.74) is -0.942. The van der Waals surface area contributed by atoms with Gasteiger partial charge in [-0.25, -0.2) is 4.98 Å². The summed E-state index contributed by atoms with van der Waals surface area (Å²) in [4.78, 5) is 7.44. The first-order chi connectivity index (χ1) is 11.6. The molecule has 1 heterocycles. The van der Waals surface area contributed by atoms with Crippen LogP contribution >= 0.6 is 11.3 Å². The second-order valence-corrected chi connectivity index (χ2v) is 6.73. The first-order valence-corrected chi connectivity index (χ1v) is 8.53. The number of rotatable bonds is 3. The highest BCUT2D eigenvalue weighted by Crippen LogP contribution is 2.37. The van der Waals surface area contributed by atoms with Crippen LogP contribution in [0.25, 0.3) is 0 Å². The van der Waals surface area contributed by atoms with Crippen molar-refractivity contribution in [3.63, 3.8) is 0 Å². The predicted octanol–water partition coefficient (Wildman–Crippen LogP) is 3.95. The average molecular weight is 388 g/mol. The lowest BCUT2D eigenvalue weighted by atomic mass is 9.85. The van der Waals surface area contributed by atoms with E-state index in [2.05, 4.69) is 20.6 Å². The molecule has 1 aliphatic rings. The van der Waals surface area contributed by atoms with Gasteiger partial charge in [-0.05, 0) is 25.7 Å². The molecule has 2 N–H and O–H groups in total. The van der Waals surface area contributed by atoms with Gasteiger partial charge < -0.3 is 10.6 Å². The lowest BCUT2D eigenvalue weighted by Gasteiger charge is -2.31. The van der Waals surface area contributed by atoms with E-state index in [-0.39, 0.29) is 30.4 Å². The Hall–Kier alpha value is -1.52. The highest BCUT2D eigenvalue weighted by atomic mass is 32.1. The average Bonchev–Trinajstić information content (AvgIpc) is 3.00. The van der Waals surface area contributed by atoms with E-state index in [1.807, 2.05) is 0 Å². The smallest absolute Gasteiger partial charge is 0.354 e. The molecule has 1 aromatic rings. The van der Waals surface area contributed by atoms with Crippen molar-refractivity contribution in [2.75, 3.05) is 7.05 Å². The summed E-state index contributed by atoms with van der Waals surface area (Å²) in [6.07, 6.45) is -7.81. The second-order valence-electron chi connectivity index (χ2n) is 5.78. The van der Waals surface area contributed by atoms with Gasteiger partial charge in [-0.15, -0.1) is 11.3 Å². The number of halogens is 6. The summed E-state index contributed by atoms with van der Waals surface area (Å²) in [7, 11) is 1.49. The summed E-state index contributed by atoms with van der Waals surface area (Å²) in [6, 6.07) is -0.146. The second kappa shape index (κ2) is 7.79. The van der Waals surface area contributed by atoms with Crippen LogP contribution < -0.4 is 10.6 Å². The van der Waals surface area contributed by atoms with Gasteiger partial charge in [0.05, 0.1) is 12.5 Å². The maximum absolute atomic E-state index is 12.6. The van der Waals surface area contributed by atoms with Crippen LogP contribution in [0.15, 0.2) is 10.4 Å². The Morgan fingerprint density at radius 1 is 1.20 bits per heavy atom. The molecule has 0 atom stereocenters. The molecule has 0 aromatic carbocycles. The maximum Gasteiger partial charge on any atom is 0.434 e. The van der Waals surface area contributed by atoms with Gasteiger partial charge in [-0.2, -0.15) is 26.3 Å². The van der Waals surface area contributed by atoms with Crippen LogP contribution in [-0.4, -0.2) is 30.2 Å². The minimum atomic E-state index is -4.48. The van der Waals surface area contributed by atoms with Gasteiger partial charge >= 0.3 is 12.4 Å². The zero-order valence-electron chi connectivity index (χ0n) is 13.3. The molecule has 0 aliphatic heterocycles. The topological polar surface area (TPSA) is 49.3 Å². The molecular formula is C14H18F6N4S. The number of aliphatic imine (C=N–C) groups is 1. The minimum absolute atomic E-state index is 0.0539. The molecule has 0 spiro atoms. The van der Waals surface area contributed by atoms with Gasteiger partial charge in [-0.3, -0.25) is 4.99 Å². The van der Waals surface area contributed by atoms with E-state index < -0.39 is 24.0 Å². The molecule has 4 nitrogen and oxygen atoms in total. The van der Waals surface area contributed by atoms with Gasteiger partial charge in [0.15, 0.2) is 11.7 Å². The van der Waals surface area contributed by atoms with Gasteiger partial charge in [0.2, 0.25) is 0 Å². The fraction of sp³-hybridized carbons (Fsp3) is 0.714. The van der Waals surface area contributed by atoms with E-state index in [0.717, 1.165) is 16.7 Å². The molecule has 0 radical (unpaired) electrons. The van der Waals surface area contributed by atoms with E-state index in [1.54, 1.807) is 0 Å². The lowest BCUT2D eigenvalue weighted by molar-refractivity contribution is -0.182. The minimum Gasteiger partial charge on any atom is -0.354 e. The third-order valence-corrected chi connectivity index (χ3v) is 4.85. The van der Waals surface area contributed by atoms with Crippen LogP contribution in [0.5, 0.6) is 0 Å². The van der Waals surface area contributed by atoms with Gasteiger partial charge in [0.1, 0.15) is 5.01 Å².